The molecule has 37 heavy (non-hydrogen) atoms. The van der Waals surface area contributed by atoms with Crippen LogP contribution in [-0.4, -0.2) is 27.3 Å². The number of nitrogens with zero attached hydrogens (tertiary/aromatic N) is 2. The van der Waals surface area contributed by atoms with E-state index in [1.165, 1.54) is 0 Å². The maximum atomic E-state index is 14.4. The number of anilines is 3. The van der Waals surface area contributed by atoms with Crippen LogP contribution in [0.15, 0.2) is 73.0 Å². The molecule has 2 aliphatic rings. The van der Waals surface area contributed by atoms with Crippen LogP contribution in [0.2, 0.25) is 0 Å². The number of ether oxygens (including phenoxy) is 1. The lowest BCUT2D eigenvalue weighted by Crippen LogP contribution is -2.44. The van der Waals surface area contributed by atoms with E-state index in [1.54, 1.807) is 36.4 Å². The second-order valence-electron chi connectivity index (χ2n) is 9.80. The fraction of sp³-hybridized carbons (Fsp3) is 0.214. The summed E-state index contributed by atoms with van der Waals surface area (Å²) in [6, 6.07) is 11.8. The molecule has 0 spiro atoms. The Hall–Kier alpha value is -4.53. The van der Waals surface area contributed by atoms with Gasteiger partial charge in [-0.15, -0.1) is 0 Å². The summed E-state index contributed by atoms with van der Waals surface area (Å²) in [5, 5.41) is 8.91. The van der Waals surface area contributed by atoms with E-state index in [4.69, 9.17) is 4.74 Å². The molecule has 0 saturated carbocycles. The summed E-state index contributed by atoms with van der Waals surface area (Å²) in [6.45, 7) is 5.64. The van der Waals surface area contributed by atoms with Crippen molar-refractivity contribution in [3.63, 3.8) is 0 Å². The molecule has 5 rings (SSSR count). The average Bonchev–Trinajstić information content (AvgIpc) is 3.09. The van der Waals surface area contributed by atoms with Crippen molar-refractivity contribution < 1.29 is 23.0 Å². The van der Waals surface area contributed by atoms with Gasteiger partial charge in [0.05, 0.1) is 17.2 Å². The van der Waals surface area contributed by atoms with Crippen molar-refractivity contribution in [1.82, 2.24) is 15.3 Å². The predicted molar refractivity (Wildman–Crippen MR) is 145 cm³/mol. The first-order valence-corrected chi connectivity index (χ1v) is 11.8. The highest BCUT2D eigenvalue weighted by molar-refractivity contribution is 6.06. The number of amides is 2. The standard InChI is InChI=1S/C28H26FN5O3.3H2/c1-27(2)20-15-18(9-12-22(20)32-25(27)36)31-26-30-16-21(29)24(33-26)37-19-10-7-17(8-11-19)23(35)34-28(3)13-5-4-6-14-28;;;/h4-13,15-16H,14H2,1-3H3,(H,32,36)(H,34,35)(H,30,31,33);3*1H. The van der Waals surface area contributed by atoms with E-state index in [0.717, 1.165) is 17.4 Å². The molecule has 0 saturated heterocycles. The van der Waals surface area contributed by atoms with E-state index in [-0.39, 0.29) is 27.9 Å². The average molecular weight is 506 g/mol. The predicted octanol–water partition coefficient (Wildman–Crippen LogP) is 6.12. The number of aromatic nitrogens is 2. The van der Waals surface area contributed by atoms with Gasteiger partial charge in [0.25, 0.3) is 11.8 Å². The van der Waals surface area contributed by atoms with Gasteiger partial charge in [-0.25, -0.2) is 4.98 Å². The summed E-state index contributed by atoms with van der Waals surface area (Å²) in [5.74, 6) is -0.847. The minimum absolute atomic E-state index is 0. The number of carbonyl (C=O) groups is 2. The van der Waals surface area contributed by atoms with Gasteiger partial charge in [0.2, 0.25) is 17.7 Å². The Balaban J connectivity index is 0.00000187. The first-order valence-electron chi connectivity index (χ1n) is 11.8. The Morgan fingerprint density at radius 3 is 2.65 bits per heavy atom. The van der Waals surface area contributed by atoms with Gasteiger partial charge in [-0.2, -0.15) is 9.37 Å². The Bertz CT molecular complexity index is 1460. The van der Waals surface area contributed by atoms with Crippen LogP contribution in [0.5, 0.6) is 11.6 Å². The zero-order valence-corrected chi connectivity index (χ0v) is 20.6. The highest BCUT2D eigenvalue weighted by Gasteiger charge is 2.38. The molecule has 0 radical (unpaired) electrons. The zero-order chi connectivity index (χ0) is 26.2. The van der Waals surface area contributed by atoms with E-state index in [0.29, 0.717) is 23.4 Å². The first kappa shape index (κ1) is 24.2. The molecule has 2 aromatic carbocycles. The molecular formula is C28H32FN5O3. The van der Waals surface area contributed by atoms with Crippen LogP contribution < -0.4 is 20.7 Å². The topological polar surface area (TPSA) is 105 Å². The molecule has 8 nitrogen and oxygen atoms in total. The third kappa shape index (κ3) is 4.93. The first-order chi connectivity index (χ1) is 17.6. The molecule has 0 bridgehead atoms. The van der Waals surface area contributed by atoms with E-state index in [1.807, 2.05) is 51.1 Å². The molecule has 1 aliphatic heterocycles. The van der Waals surface area contributed by atoms with Crippen LogP contribution in [0.4, 0.5) is 21.7 Å². The molecule has 1 aromatic heterocycles. The normalized spacial score (nSPS) is 19.2. The summed E-state index contributed by atoms with van der Waals surface area (Å²) in [6.07, 6.45) is 9.52. The molecule has 1 atom stereocenters. The van der Waals surface area contributed by atoms with E-state index in [2.05, 4.69) is 25.9 Å². The highest BCUT2D eigenvalue weighted by atomic mass is 19.1. The van der Waals surface area contributed by atoms with Crippen molar-refractivity contribution in [2.75, 3.05) is 10.6 Å². The third-order valence-electron chi connectivity index (χ3n) is 6.46. The summed E-state index contributed by atoms with van der Waals surface area (Å²) in [5.41, 5.74) is 1.58. The van der Waals surface area contributed by atoms with Crippen molar-refractivity contribution in [3.05, 3.63) is 89.9 Å². The van der Waals surface area contributed by atoms with Crippen molar-refractivity contribution in [3.8, 4) is 11.6 Å². The molecule has 2 heterocycles. The van der Waals surface area contributed by atoms with Crippen LogP contribution in [-0.2, 0) is 10.2 Å². The second kappa shape index (κ2) is 9.16. The number of benzene rings is 2. The monoisotopic (exact) mass is 505 g/mol. The molecule has 0 fully saturated rings. The number of fused-ring (bicyclic) bond motifs is 1. The number of hydrogen-bond donors (Lipinski definition) is 3. The van der Waals surface area contributed by atoms with Crippen LogP contribution in [0.25, 0.3) is 0 Å². The van der Waals surface area contributed by atoms with Gasteiger partial charge in [0.15, 0.2) is 0 Å². The number of allylic oxidation sites excluding steroid dienone is 2. The van der Waals surface area contributed by atoms with E-state index < -0.39 is 16.8 Å². The van der Waals surface area contributed by atoms with E-state index in [9.17, 15) is 14.0 Å². The quantitative estimate of drug-likeness (QED) is 0.373. The maximum absolute atomic E-state index is 14.4. The van der Waals surface area contributed by atoms with Gasteiger partial charge in [-0.05, 0) is 75.2 Å². The molecular weight excluding hydrogens is 473 g/mol. The fourth-order valence-corrected chi connectivity index (χ4v) is 4.20. The van der Waals surface area contributed by atoms with Crippen LogP contribution in [0.3, 0.4) is 0 Å². The molecule has 3 aromatic rings. The Kier molecular flexibility index (Phi) is 5.99. The van der Waals surface area contributed by atoms with Crippen LogP contribution in [0.1, 0.15) is 47.4 Å². The molecule has 3 N–H and O–H groups in total. The number of hydrogen-bond acceptors (Lipinski definition) is 6. The number of halogens is 1. The van der Waals surface area contributed by atoms with Crippen molar-refractivity contribution in [2.45, 2.75) is 38.1 Å². The number of rotatable bonds is 6. The lowest BCUT2D eigenvalue weighted by molar-refractivity contribution is -0.119. The SMILES string of the molecule is CC1(NC(=O)c2ccc(Oc3nc(Nc4ccc5c(c4)C(C)(C)C(=O)N5)ncc3F)cc2)C=CC=CC1.[HH].[HH].[HH]. The largest absolute Gasteiger partial charge is 0.436 e. The van der Waals surface area contributed by atoms with Gasteiger partial charge in [0.1, 0.15) is 5.75 Å². The summed E-state index contributed by atoms with van der Waals surface area (Å²) < 4.78 is 20.1. The maximum Gasteiger partial charge on any atom is 0.260 e. The van der Waals surface area contributed by atoms with Gasteiger partial charge < -0.3 is 20.7 Å². The number of carbonyl (C=O) groups excluding carboxylic acids is 2. The third-order valence-corrected chi connectivity index (χ3v) is 6.46. The Morgan fingerprint density at radius 1 is 1.14 bits per heavy atom. The van der Waals surface area contributed by atoms with Crippen LogP contribution >= 0.6 is 0 Å². The van der Waals surface area contributed by atoms with E-state index >= 15 is 0 Å². The molecule has 9 heteroatoms. The summed E-state index contributed by atoms with van der Waals surface area (Å²) in [4.78, 5) is 33.0. The van der Waals surface area contributed by atoms with Crippen LogP contribution in [0, 0.1) is 5.82 Å². The lowest BCUT2D eigenvalue weighted by atomic mass is 9.86. The van der Waals surface area contributed by atoms with Crippen molar-refractivity contribution in [2.24, 2.45) is 0 Å². The smallest absolute Gasteiger partial charge is 0.260 e. The van der Waals surface area contributed by atoms with Gasteiger partial charge in [-0.3, -0.25) is 9.59 Å². The number of nitrogens with one attached hydrogen (secondary N) is 3. The fourth-order valence-electron chi connectivity index (χ4n) is 4.20. The van der Waals surface area contributed by atoms with Crippen molar-refractivity contribution >= 4 is 29.1 Å². The zero-order valence-electron chi connectivity index (χ0n) is 20.6. The van der Waals surface area contributed by atoms with Crippen molar-refractivity contribution in [1.29, 1.82) is 0 Å². The molecule has 1 aliphatic carbocycles. The minimum Gasteiger partial charge on any atom is -0.436 e. The molecule has 1 unspecified atom stereocenters. The summed E-state index contributed by atoms with van der Waals surface area (Å²) >= 11 is 0. The van der Waals surface area contributed by atoms with Gasteiger partial charge in [-0.1, -0.05) is 24.3 Å². The Labute approximate surface area is 218 Å². The highest BCUT2D eigenvalue weighted by Crippen LogP contribution is 2.39. The second-order valence-corrected chi connectivity index (χ2v) is 9.80. The molecule has 194 valence electrons. The summed E-state index contributed by atoms with van der Waals surface area (Å²) in [7, 11) is 0. The minimum atomic E-state index is -0.734. The van der Waals surface area contributed by atoms with Gasteiger partial charge >= 0.3 is 0 Å². The van der Waals surface area contributed by atoms with Gasteiger partial charge in [0, 0.05) is 21.2 Å². The Morgan fingerprint density at radius 2 is 1.92 bits per heavy atom. The molecule has 2 amide bonds. The lowest BCUT2D eigenvalue weighted by Gasteiger charge is -2.28.